The number of rotatable bonds is 3. The molecule has 1 rings (SSSR count). The monoisotopic (exact) mass is 280 g/mol. The lowest BCUT2D eigenvalue weighted by atomic mass is 10.3. The molecule has 0 aromatic carbocycles. The summed E-state index contributed by atoms with van der Waals surface area (Å²) < 4.78 is 37.0. The second-order valence-corrected chi connectivity index (χ2v) is 3.58. The maximum Gasteiger partial charge on any atom is 0.417 e. The minimum absolute atomic E-state index is 0.277. The molecule has 82 valence electrons. The van der Waals surface area contributed by atoms with E-state index < -0.39 is 11.7 Å². The van der Waals surface area contributed by atoms with E-state index in [2.05, 4.69) is 32.8 Å². The Balaban J connectivity index is 2.93. The molecule has 1 N–H and O–H groups in total. The minimum atomic E-state index is -4.37. The van der Waals surface area contributed by atoms with Crippen molar-refractivity contribution in [1.29, 1.82) is 0 Å². The smallest absolute Gasteiger partial charge is 0.366 e. The summed E-state index contributed by atoms with van der Waals surface area (Å²) in [7, 11) is 0. The number of nitrogens with one attached hydrogen (secondary N) is 1. The SMILES string of the molecule is C=CCNc1ncc(C(F)(F)F)cc1Br. The fourth-order valence-corrected chi connectivity index (χ4v) is 1.38. The third-order valence-corrected chi connectivity index (χ3v) is 2.19. The highest BCUT2D eigenvalue weighted by molar-refractivity contribution is 9.10. The average Bonchev–Trinajstić information content (AvgIpc) is 2.14. The van der Waals surface area contributed by atoms with E-state index in [1.165, 1.54) is 0 Å². The van der Waals surface area contributed by atoms with Crippen molar-refractivity contribution in [2.45, 2.75) is 6.18 Å². The molecular formula is C9H8BrF3N2. The molecule has 0 radical (unpaired) electrons. The van der Waals surface area contributed by atoms with Crippen molar-refractivity contribution in [1.82, 2.24) is 4.98 Å². The zero-order chi connectivity index (χ0) is 11.5. The number of anilines is 1. The highest BCUT2D eigenvalue weighted by Crippen LogP contribution is 2.32. The second-order valence-electron chi connectivity index (χ2n) is 2.72. The van der Waals surface area contributed by atoms with Crippen LogP contribution in [-0.2, 0) is 6.18 Å². The number of pyridine rings is 1. The molecule has 0 aliphatic heterocycles. The highest BCUT2D eigenvalue weighted by atomic mass is 79.9. The Bertz CT molecular complexity index is 363. The van der Waals surface area contributed by atoms with Gasteiger partial charge in [-0.15, -0.1) is 6.58 Å². The molecule has 1 heterocycles. The largest absolute Gasteiger partial charge is 0.417 e. The summed E-state index contributed by atoms with van der Waals surface area (Å²) in [5.41, 5.74) is -0.779. The predicted molar refractivity (Wildman–Crippen MR) is 55.6 cm³/mol. The fourth-order valence-electron chi connectivity index (χ4n) is 0.892. The summed E-state index contributed by atoms with van der Waals surface area (Å²) in [6.07, 6.45) is -1.99. The van der Waals surface area contributed by atoms with Crippen molar-refractivity contribution in [2.75, 3.05) is 11.9 Å². The Morgan fingerprint density at radius 1 is 1.53 bits per heavy atom. The van der Waals surface area contributed by atoms with Crippen LogP contribution in [0.15, 0.2) is 29.4 Å². The zero-order valence-corrected chi connectivity index (χ0v) is 9.19. The van der Waals surface area contributed by atoms with E-state index in [0.29, 0.717) is 12.4 Å². The Hall–Kier alpha value is -1.04. The van der Waals surface area contributed by atoms with Gasteiger partial charge in [0.15, 0.2) is 0 Å². The molecule has 0 fully saturated rings. The van der Waals surface area contributed by atoms with Crippen LogP contribution in [0, 0.1) is 0 Å². The lowest BCUT2D eigenvalue weighted by Crippen LogP contribution is -2.08. The van der Waals surface area contributed by atoms with Crippen molar-refractivity contribution in [2.24, 2.45) is 0 Å². The van der Waals surface area contributed by atoms with E-state index >= 15 is 0 Å². The molecule has 0 spiro atoms. The van der Waals surface area contributed by atoms with Gasteiger partial charge < -0.3 is 5.32 Å². The van der Waals surface area contributed by atoms with E-state index in [-0.39, 0.29) is 4.47 Å². The molecule has 2 nitrogen and oxygen atoms in total. The third-order valence-electron chi connectivity index (χ3n) is 1.58. The maximum atomic E-state index is 12.3. The first-order valence-electron chi connectivity index (χ1n) is 4.02. The number of aromatic nitrogens is 1. The molecule has 0 aliphatic carbocycles. The van der Waals surface area contributed by atoms with Gasteiger partial charge in [-0.2, -0.15) is 13.2 Å². The Kier molecular flexibility index (Phi) is 3.73. The minimum Gasteiger partial charge on any atom is -0.366 e. The number of halogens is 4. The van der Waals surface area contributed by atoms with Crippen LogP contribution in [0.5, 0.6) is 0 Å². The van der Waals surface area contributed by atoms with Crippen LogP contribution in [0.1, 0.15) is 5.56 Å². The summed E-state index contributed by atoms with van der Waals surface area (Å²) in [4.78, 5) is 3.66. The quantitative estimate of drug-likeness (QED) is 0.858. The van der Waals surface area contributed by atoms with Crippen molar-refractivity contribution < 1.29 is 13.2 Å². The topological polar surface area (TPSA) is 24.9 Å². The van der Waals surface area contributed by atoms with Crippen LogP contribution in [0.25, 0.3) is 0 Å². The predicted octanol–water partition coefficient (Wildman–Crippen LogP) is 3.46. The van der Waals surface area contributed by atoms with Gasteiger partial charge in [0, 0.05) is 12.7 Å². The van der Waals surface area contributed by atoms with Crippen LogP contribution in [0.2, 0.25) is 0 Å². The normalized spacial score (nSPS) is 11.2. The molecule has 1 aromatic heterocycles. The van der Waals surface area contributed by atoms with Crippen molar-refractivity contribution in [3.63, 3.8) is 0 Å². The molecule has 0 saturated carbocycles. The first-order chi connectivity index (χ1) is 6.95. The molecule has 0 unspecified atom stereocenters. The Morgan fingerprint density at radius 2 is 2.20 bits per heavy atom. The van der Waals surface area contributed by atoms with Crippen molar-refractivity contribution >= 4 is 21.7 Å². The summed E-state index contributed by atoms with van der Waals surface area (Å²) in [5, 5.41) is 2.80. The molecule has 1 aromatic rings. The van der Waals surface area contributed by atoms with Gasteiger partial charge in [0.2, 0.25) is 0 Å². The van der Waals surface area contributed by atoms with Gasteiger partial charge >= 0.3 is 6.18 Å². The third kappa shape index (κ3) is 3.23. The van der Waals surface area contributed by atoms with Crippen molar-refractivity contribution in [3.05, 3.63) is 35.0 Å². The summed E-state index contributed by atoms with van der Waals surface area (Å²) in [6.45, 7) is 3.92. The van der Waals surface area contributed by atoms with E-state index in [1.54, 1.807) is 6.08 Å². The summed E-state index contributed by atoms with van der Waals surface area (Å²) >= 11 is 3.01. The van der Waals surface area contributed by atoms with Gasteiger partial charge in [0.1, 0.15) is 5.82 Å². The lowest BCUT2D eigenvalue weighted by molar-refractivity contribution is -0.137. The van der Waals surface area contributed by atoms with Gasteiger partial charge in [-0.05, 0) is 22.0 Å². The lowest BCUT2D eigenvalue weighted by Gasteiger charge is -2.09. The van der Waals surface area contributed by atoms with Gasteiger partial charge in [-0.3, -0.25) is 0 Å². The number of alkyl halides is 3. The first kappa shape index (κ1) is 12.0. The van der Waals surface area contributed by atoms with Crippen LogP contribution >= 0.6 is 15.9 Å². The number of nitrogens with zero attached hydrogens (tertiary/aromatic N) is 1. The highest BCUT2D eigenvalue weighted by Gasteiger charge is 2.31. The Morgan fingerprint density at radius 3 is 2.67 bits per heavy atom. The Labute approximate surface area is 93.3 Å². The molecule has 0 amide bonds. The van der Waals surface area contributed by atoms with Crippen molar-refractivity contribution in [3.8, 4) is 0 Å². The van der Waals surface area contributed by atoms with E-state index in [0.717, 1.165) is 12.3 Å². The second kappa shape index (κ2) is 4.65. The number of hydrogen-bond acceptors (Lipinski definition) is 2. The van der Waals surface area contributed by atoms with Gasteiger partial charge in [-0.1, -0.05) is 6.08 Å². The van der Waals surface area contributed by atoms with Gasteiger partial charge in [0.05, 0.1) is 10.0 Å². The van der Waals surface area contributed by atoms with E-state index in [9.17, 15) is 13.2 Å². The number of hydrogen-bond donors (Lipinski definition) is 1. The molecule has 15 heavy (non-hydrogen) atoms. The van der Waals surface area contributed by atoms with Crippen LogP contribution in [0.4, 0.5) is 19.0 Å². The zero-order valence-electron chi connectivity index (χ0n) is 7.61. The summed E-state index contributed by atoms with van der Waals surface area (Å²) in [5.74, 6) is 0.364. The summed E-state index contributed by atoms with van der Waals surface area (Å²) in [6, 6.07) is 0.985. The van der Waals surface area contributed by atoms with Crippen LogP contribution in [0.3, 0.4) is 0 Å². The molecule has 6 heteroatoms. The molecule has 0 saturated heterocycles. The van der Waals surface area contributed by atoms with Crippen LogP contribution < -0.4 is 5.32 Å². The first-order valence-corrected chi connectivity index (χ1v) is 4.82. The molecule has 0 bridgehead atoms. The molecule has 0 aliphatic rings. The molecule has 0 atom stereocenters. The van der Waals surface area contributed by atoms with Gasteiger partial charge in [0.25, 0.3) is 0 Å². The van der Waals surface area contributed by atoms with E-state index in [1.807, 2.05) is 0 Å². The van der Waals surface area contributed by atoms with Gasteiger partial charge in [-0.25, -0.2) is 4.98 Å². The van der Waals surface area contributed by atoms with E-state index in [4.69, 9.17) is 0 Å². The fraction of sp³-hybridized carbons (Fsp3) is 0.222. The van der Waals surface area contributed by atoms with Crippen LogP contribution in [-0.4, -0.2) is 11.5 Å². The molecular weight excluding hydrogens is 273 g/mol. The standard InChI is InChI=1S/C9H8BrF3N2/c1-2-3-14-8-7(10)4-6(5-15-8)9(11,12)13/h2,4-5H,1,3H2,(H,14,15). The maximum absolute atomic E-state index is 12.3. The average molecular weight is 281 g/mol.